The molecule has 0 radical (unpaired) electrons. The number of para-hydroxylation sites is 1. The zero-order chi connectivity index (χ0) is 20.0. The van der Waals surface area contributed by atoms with Crippen molar-refractivity contribution in [1.29, 1.82) is 0 Å². The molecule has 1 aliphatic heterocycles. The van der Waals surface area contributed by atoms with Crippen molar-refractivity contribution in [2.75, 3.05) is 13.1 Å². The second kappa shape index (κ2) is 7.32. The van der Waals surface area contributed by atoms with Crippen molar-refractivity contribution in [3.05, 3.63) is 48.2 Å². The Hall–Kier alpha value is -2.07. The zero-order valence-electron chi connectivity index (χ0n) is 17.4. The van der Waals surface area contributed by atoms with Gasteiger partial charge in [0.1, 0.15) is 6.10 Å². The molecule has 0 amide bonds. The van der Waals surface area contributed by atoms with Gasteiger partial charge in [0.2, 0.25) is 0 Å². The van der Waals surface area contributed by atoms with Gasteiger partial charge in [0.15, 0.2) is 0 Å². The maximum Gasteiger partial charge on any atom is 0.310 e. The highest BCUT2D eigenvalue weighted by Crippen LogP contribution is 2.56. The molecule has 29 heavy (non-hydrogen) atoms. The highest BCUT2D eigenvalue weighted by molar-refractivity contribution is 5.83. The molecular weight excluding hydrogens is 360 g/mol. The van der Waals surface area contributed by atoms with Crippen LogP contribution in [0.2, 0.25) is 0 Å². The standard InChI is InChI=1S/C25H32N2O2/c1-16-6-5-10-25(2)13-23-19(12-21(16)25)20(24(28)29-23)15-26-11-9-17-14-27-22-8-4-3-7-18(17)22/h3-4,7-8,14,19-21,23,26-27H,1,5-6,9-13,15H2,2H3/t19-,20-,21-,23-,25-/m1/s1. The van der Waals surface area contributed by atoms with Gasteiger partial charge in [0, 0.05) is 29.6 Å². The molecule has 1 aromatic heterocycles. The Balaban J connectivity index is 1.20. The van der Waals surface area contributed by atoms with Gasteiger partial charge in [-0.25, -0.2) is 0 Å². The molecule has 2 heterocycles. The lowest BCUT2D eigenvalue weighted by atomic mass is 9.55. The number of carbonyl (C=O) groups excluding carboxylic acids is 1. The van der Waals surface area contributed by atoms with Gasteiger partial charge in [-0.05, 0) is 68.0 Å². The van der Waals surface area contributed by atoms with Crippen LogP contribution in [0.1, 0.15) is 44.6 Å². The smallest absolute Gasteiger partial charge is 0.310 e. The van der Waals surface area contributed by atoms with E-state index < -0.39 is 0 Å². The quantitative estimate of drug-likeness (QED) is 0.444. The van der Waals surface area contributed by atoms with Crippen LogP contribution >= 0.6 is 0 Å². The van der Waals surface area contributed by atoms with E-state index in [1.54, 1.807) is 0 Å². The van der Waals surface area contributed by atoms with E-state index in [-0.39, 0.29) is 23.4 Å². The van der Waals surface area contributed by atoms with Gasteiger partial charge < -0.3 is 15.0 Å². The van der Waals surface area contributed by atoms with Crippen LogP contribution in [-0.4, -0.2) is 30.1 Å². The second-order valence-corrected chi connectivity index (χ2v) is 9.72. The van der Waals surface area contributed by atoms with Crippen LogP contribution in [-0.2, 0) is 16.0 Å². The number of nitrogens with one attached hydrogen (secondary N) is 2. The fourth-order valence-electron chi connectivity index (χ4n) is 6.31. The Bertz CT molecular complexity index is 932. The molecule has 2 aliphatic carbocycles. The summed E-state index contributed by atoms with van der Waals surface area (Å²) in [6.45, 7) is 8.37. The molecule has 2 N–H and O–H groups in total. The minimum absolute atomic E-state index is 0.00690. The van der Waals surface area contributed by atoms with Crippen LogP contribution in [0.3, 0.4) is 0 Å². The first-order chi connectivity index (χ1) is 14.0. The fraction of sp³-hybridized carbons (Fsp3) is 0.560. The molecular formula is C25H32N2O2. The summed E-state index contributed by atoms with van der Waals surface area (Å²) in [6, 6.07) is 8.41. The molecule has 0 bridgehead atoms. The molecule has 1 saturated heterocycles. The number of rotatable bonds is 5. The number of esters is 1. The third-order valence-electron chi connectivity index (χ3n) is 7.93. The minimum atomic E-state index is -0.0118. The lowest BCUT2D eigenvalue weighted by Crippen LogP contribution is -2.45. The van der Waals surface area contributed by atoms with Crippen LogP contribution in [0.25, 0.3) is 10.9 Å². The van der Waals surface area contributed by atoms with E-state index in [9.17, 15) is 4.79 Å². The number of hydrogen-bond donors (Lipinski definition) is 2. The number of benzene rings is 1. The van der Waals surface area contributed by atoms with Crippen LogP contribution < -0.4 is 5.32 Å². The van der Waals surface area contributed by atoms with Crippen molar-refractivity contribution in [2.45, 2.75) is 51.6 Å². The summed E-state index contributed by atoms with van der Waals surface area (Å²) in [5.74, 6) is 0.895. The van der Waals surface area contributed by atoms with E-state index in [1.807, 2.05) is 0 Å². The third-order valence-corrected chi connectivity index (χ3v) is 7.93. The molecule has 3 fully saturated rings. The predicted molar refractivity (Wildman–Crippen MR) is 116 cm³/mol. The first-order valence-electron chi connectivity index (χ1n) is 11.2. The van der Waals surface area contributed by atoms with E-state index in [2.05, 4.69) is 54.3 Å². The minimum Gasteiger partial charge on any atom is -0.462 e. The number of allylic oxidation sites excluding steroid dienone is 1. The molecule has 4 nitrogen and oxygen atoms in total. The molecule has 2 aromatic rings. The molecule has 2 saturated carbocycles. The van der Waals surface area contributed by atoms with Crippen molar-refractivity contribution < 1.29 is 9.53 Å². The van der Waals surface area contributed by atoms with Gasteiger partial charge in [-0.15, -0.1) is 0 Å². The Morgan fingerprint density at radius 3 is 3.10 bits per heavy atom. The SMILES string of the molecule is C=C1CCC[C@]2(C)C[C@H]3OC(=O)[C@H](CNCCc4c[nH]c5ccccc45)[C@H]3C[C@H]12. The summed E-state index contributed by atoms with van der Waals surface area (Å²) < 4.78 is 5.87. The second-order valence-electron chi connectivity index (χ2n) is 9.72. The summed E-state index contributed by atoms with van der Waals surface area (Å²) >= 11 is 0. The zero-order valence-corrected chi connectivity index (χ0v) is 17.4. The Labute approximate surface area is 173 Å². The van der Waals surface area contributed by atoms with E-state index in [1.165, 1.54) is 34.9 Å². The average Bonchev–Trinajstić information content (AvgIpc) is 3.24. The molecule has 0 unspecified atom stereocenters. The Morgan fingerprint density at radius 1 is 1.34 bits per heavy atom. The van der Waals surface area contributed by atoms with E-state index in [0.29, 0.717) is 11.8 Å². The van der Waals surface area contributed by atoms with Crippen molar-refractivity contribution in [3.63, 3.8) is 0 Å². The highest BCUT2D eigenvalue weighted by atomic mass is 16.6. The van der Waals surface area contributed by atoms with Gasteiger partial charge in [-0.2, -0.15) is 0 Å². The summed E-state index contributed by atoms with van der Waals surface area (Å²) in [6.07, 6.45) is 8.87. The Morgan fingerprint density at radius 2 is 2.21 bits per heavy atom. The van der Waals surface area contributed by atoms with Gasteiger partial charge in [-0.1, -0.05) is 37.3 Å². The van der Waals surface area contributed by atoms with Gasteiger partial charge in [0.25, 0.3) is 0 Å². The monoisotopic (exact) mass is 392 g/mol. The number of ether oxygens (including phenoxy) is 1. The first kappa shape index (κ1) is 18.9. The van der Waals surface area contributed by atoms with Crippen LogP contribution in [0, 0.1) is 23.2 Å². The first-order valence-corrected chi connectivity index (χ1v) is 11.2. The van der Waals surface area contributed by atoms with Gasteiger partial charge >= 0.3 is 5.97 Å². The van der Waals surface area contributed by atoms with E-state index in [4.69, 9.17) is 4.74 Å². The molecule has 5 rings (SSSR count). The van der Waals surface area contributed by atoms with Crippen molar-refractivity contribution in [2.24, 2.45) is 23.2 Å². The van der Waals surface area contributed by atoms with E-state index in [0.717, 1.165) is 38.8 Å². The lowest BCUT2D eigenvalue weighted by Gasteiger charge is -2.50. The third kappa shape index (κ3) is 3.31. The number of aromatic amines is 1. The van der Waals surface area contributed by atoms with Gasteiger partial charge in [0.05, 0.1) is 5.92 Å². The molecule has 5 atom stereocenters. The molecule has 154 valence electrons. The lowest BCUT2D eigenvalue weighted by molar-refractivity contribution is -0.146. The summed E-state index contributed by atoms with van der Waals surface area (Å²) in [4.78, 5) is 16.0. The topological polar surface area (TPSA) is 54.1 Å². The van der Waals surface area contributed by atoms with Crippen LogP contribution in [0.5, 0.6) is 0 Å². The van der Waals surface area contributed by atoms with Crippen LogP contribution in [0.15, 0.2) is 42.6 Å². The van der Waals surface area contributed by atoms with Crippen molar-refractivity contribution >= 4 is 16.9 Å². The number of aromatic nitrogens is 1. The summed E-state index contributed by atoms with van der Waals surface area (Å²) in [5.41, 5.74) is 4.19. The van der Waals surface area contributed by atoms with Crippen LogP contribution in [0.4, 0.5) is 0 Å². The number of hydrogen-bond acceptors (Lipinski definition) is 3. The fourth-order valence-corrected chi connectivity index (χ4v) is 6.31. The van der Waals surface area contributed by atoms with Gasteiger partial charge in [-0.3, -0.25) is 4.79 Å². The summed E-state index contributed by atoms with van der Waals surface area (Å²) in [5, 5.41) is 4.84. The average molecular weight is 393 g/mol. The van der Waals surface area contributed by atoms with E-state index >= 15 is 0 Å². The predicted octanol–water partition coefficient (Wildman–Crippen LogP) is 4.61. The molecule has 4 heteroatoms. The normalized spacial score (nSPS) is 34.1. The molecule has 0 spiro atoms. The number of carbonyl (C=O) groups is 1. The number of fused-ring (bicyclic) bond motifs is 3. The highest BCUT2D eigenvalue weighted by Gasteiger charge is 2.54. The maximum atomic E-state index is 12.6. The largest absolute Gasteiger partial charge is 0.462 e. The molecule has 1 aromatic carbocycles. The maximum absolute atomic E-state index is 12.6. The Kier molecular flexibility index (Phi) is 4.78. The molecule has 3 aliphatic rings. The van der Waals surface area contributed by atoms with Crippen molar-refractivity contribution in [1.82, 2.24) is 10.3 Å². The van der Waals surface area contributed by atoms with Crippen molar-refractivity contribution in [3.8, 4) is 0 Å². The summed E-state index contributed by atoms with van der Waals surface area (Å²) in [7, 11) is 0. The number of H-pyrrole nitrogens is 1.